The average Bonchev–Trinajstić information content (AvgIpc) is 2.47. The number of ether oxygens (including phenoxy) is 1. The number of esters is 1. The fraction of sp³-hybridized carbons (Fsp3) is 0.154. The van der Waals surface area contributed by atoms with Crippen molar-refractivity contribution in [2.24, 2.45) is 5.73 Å². The molecule has 2 heterocycles. The normalized spacial score (nSPS) is 10.3. The predicted octanol–water partition coefficient (Wildman–Crippen LogP) is 2.04. The van der Waals surface area contributed by atoms with Crippen LogP contribution in [-0.4, -0.2) is 23.0 Å². The molecule has 98 valence electrons. The molecule has 2 aromatic heterocycles. The number of hydrogen-bond donors (Lipinski definition) is 1. The molecular weight excluding hydrogens is 266 g/mol. The lowest BCUT2D eigenvalue weighted by molar-refractivity contribution is 0.0601. The van der Waals surface area contributed by atoms with Gasteiger partial charge in [-0.1, -0.05) is 17.7 Å². The molecule has 0 atom stereocenters. The maximum atomic E-state index is 11.8. The smallest absolute Gasteiger partial charge is 0.340 e. The Bertz CT molecular complexity index is 602. The molecule has 0 saturated heterocycles. The molecule has 0 radical (unpaired) electrons. The zero-order chi connectivity index (χ0) is 13.8. The molecule has 0 aliphatic carbocycles. The molecule has 0 aliphatic heterocycles. The summed E-state index contributed by atoms with van der Waals surface area (Å²) in [6, 6.07) is 6.85. The second-order valence-corrected chi connectivity index (χ2v) is 4.13. The Balaban J connectivity index is 2.66. The van der Waals surface area contributed by atoms with Gasteiger partial charge in [-0.25, -0.2) is 9.78 Å². The number of rotatable bonds is 3. The number of halogens is 1. The maximum Gasteiger partial charge on any atom is 0.340 e. The third-order valence-electron chi connectivity index (χ3n) is 2.55. The summed E-state index contributed by atoms with van der Waals surface area (Å²) in [5, 5.41) is 0.336. The summed E-state index contributed by atoms with van der Waals surface area (Å²) in [6.45, 7) is 0.181. The first-order valence-corrected chi connectivity index (χ1v) is 5.94. The number of aromatic nitrogens is 2. The molecule has 6 heteroatoms. The van der Waals surface area contributed by atoms with E-state index < -0.39 is 5.97 Å². The predicted molar refractivity (Wildman–Crippen MR) is 71.7 cm³/mol. The summed E-state index contributed by atoms with van der Waals surface area (Å²) < 4.78 is 4.73. The van der Waals surface area contributed by atoms with Crippen molar-refractivity contribution in [1.82, 2.24) is 9.97 Å². The second kappa shape index (κ2) is 5.77. The van der Waals surface area contributed by atoms with Crippen molar-refractivity contribution in [3.05, 3.63) is 46.7 Å². The highest BCUT2D eigenvalue weighted by molar-refractivity contribution is 6.31. The number of nitrogens with zero attached hydrogens (tertiary/aromatic N) is 2. The zero-order valence-corrected chi connectivity index (χ0v) is 11.0. The van der Waals surface area contributed by atoms with Gasteiger partial charge in [0.15, 0.2) is 0 Å². The summed E-state index contributed by atoms with van der Waals surface area (Å²) in [5.74, 6) is -0.515. The molecule has 5 nitrogen and oxygen atoms in total. The minimum Gasteiger partial charge on any atom is -0.465 e. The van der Waals surface area contributed by atoms with Crippen molar-refractivity contribution in [3.63, 3.8) is 0 Å². The van der Waals surface area contributed by atoms with E-state index in [1.54, 1.807) is 18.3 Å². The minimum absolute atomic E-state index is 0.181. The number of methoxy groups -OCH3 is 1. The van der Waals surface area contributed by atoms with E-state index in [1.807, 2.05) is 6.07 Å². The van der Waals surface area contributed by atoms with Gasteiger partial charge in [-0.3, -0.25) is 4.98 Å². The van der Waals surface area contributed by atoms with Gasteiger partial charge in [-0.15, -0.1) is 0 Å². The topological polar surface area (TPSA) is 78.1 Å². The van der Waals surface area contributed by atoms with Gasteiger partial charge >= 0.3 is 5.97 Å². The number of carbonyl (C=O) groups excluding carboxylic acids is 1. The molecule has 0 fully saturated rings. The molecule has 2 rings (SSSR count). The first-order valence-electron chi connectivity index (χ1n) is 5.56. The Kier molecular flexibility index (Phi) is 4.09. The molecule has 0 saturated carbocycles. The summed E-state index contributed by atoms with van der Waals surface area (Å²) >= 11 is 6.02. The molecule has 2 aromatic rings. The average molecular weight is 278 g/mol. The maximum absolute atomic E-state index is 11.8. The number of hydrogen-bond acceptors (Lipinski definition) is 5. The molecule has 0 aliphatic rings. The molecule has 0 unspecified atom stereocenters. The quantitative estimate of drug-likeness (QED) is 0.869. The number of pyridine rings is 2. The highest BCUT2D eigenvalue weighted by atomic mass is 35.5. The van der Waals surface area contributed by atoms with E-state index in [4.69, 9.17) is 22.1 Å². The molecule has 19 heavy (non-hydrogen) atoms. The highest BCUT2D eigenvalue weighted by Gasteiger charge is 2.18. The van der Waals surface area contributed by atoms with Crippen molar-refractivity contribution in [1.29, 1.82) is 0 Å². The van der Waals surface area contributed by atoms with Gasteiger partial charge in [0, 0.05) is 12.7 Å². The van der Waals surface area contributed by atoms with Crippen molar-refractivity contribution in [2.45, 2.75) is 6.54 Å². The molecule has 0 aromatic carbocycles. The van der Waals surface area contributed by atoms with Crippen molar-refractivity contribution >= 4 is 17.6 Å². The first-order chi connectivity index (χ1) is 9.17. The van der Waals surface area contributed by atoms with Gasteiger partial charge in [0.2, 0.25) is 0 Å². The molecule has 0 amide bonds. The Labute approximate surface area is 115 Å². The fourth-order valence-electron chi connectivity index (χ4n) is 1.63. The first kappa shape index (κ1) is 13.5. The van der Waals surface area contributed by atoms with Gasteiger partial charge < -0.3 is 10.5 Å². The number of carbonyl (C=O) groups is 1. The summed E-state index contributed by atoms with van der Waals surface area (Å²) in [5.41, 5.74) is 7.33. The van der Waals surface area contributed by atoms with Crippen LogP contribution in [0.25, 0.3) is 11.4 Å². The van der Waals surface area contributed by atoms with E-state index >= 15 is 0 Å². The highest BCUT2D eigenvalue weighted by Crippen LogP contribution is 2.25. The van der Waals surface area contributed by atoms with Crippen LogP contribution in [0, 0.1) is 0 Å². The summed E-state index contributed by atoms with van der Waals surface area (Å²) in [4.78, 5) is 20.3. The van der Waals surface area contributed by atoms with Crippen LogP contribution in [-0.2, 0) is 11.3 Å². The minimum atomic E-state index is -0.515. The SMILES string of the molecule is COC(=O)c1cc(Cl)c(CN)nc1-c1ccccn1. The van der Waals surface area contributed by atoms with Gasteiger partial charge in [0.1, 0.15) is 5.69 Å². The van der Waals surface area contributed by atoms with Crippen LogP contribution in [0.4, 0.5) is 0 Å². The fourth-order valence-corrected chi connectivity index (χ4v) is 1.86. The molecule has 0 bridgehead atoms. The standard InChI is InChI=1S/C13H12ClN3O2/c1-19-13(18)8-6-9(14)11(7-15)17-12(8)10-4-2-3-5-16-10/h2-6H,7,15H2,1H3. The second-order valence-electron chi connectivity index (χ2n) is 3.72. The van der Waals surface area contributed by atoms with E-state index in [0.29, 0.717) is 22.1 Å². The van der Waals surface area contributed by atoms with Crippen molar-refractivity contribution < 1.29 is 9.53 Å². The zero-order valence-electron chi connectivity index (χ0n) is 10.3. The van der Waals surface area contributed by atoms with Crippen LogP contribution in [0.15, 0.2) is 30.5 Å². The van der Waals surface area contributed by atoms with E-state index in [2.05, 4.69) is 9.97 Å². The van der Waals surface area contributed by atoms with Crippen LogP contribution in [0.3, 0.4) is 0 Å². The third-order valence-corrected chi connectivity index (χ3v) is 2.88. The lowest BCUT2D eigenvalue weighted by Gasteiger charge is -2.10. The van der Waals surface area contributed by atoms with E-state index in [-0.39, 0.29) is 12.1 Å². The Morgan fingerprint density at radius 3 is 2.84 bits per heavy atom. The molecule has 2 N–H and O–H groups in total. The van der Waals surface area contributed by atoms with Crippen LogP contribution in [0.1, 0.15) is 16.1 Å². The third kappa shape index (κ3) is 2.72. The summed E-state index contributed by atoms with van der Waals surface area (Å²) in [7, 11) is 1.30. The van der Waals surface area contributed by atoms with E-state index in [0.717, 1.165) is 0 Å². The van der Waals surface area contributed by atoms with Gasteiger partial charge in [0.25, 0.3) is 0 Å². The number of nitrogens with two attached hydrogens (primary N) is 1. The van der Waals surface area contributed by atoms with E-state index in [1.165, 1.54) is 13.2 Å². The van der Waals surface area contributed by atoms with Crippen LogP contribution < -0.4 is 5.73 Å². The van der Waals surface area contributed by atoms with Crippen LogP contribution in [0.2, 0.25) is 5.02 Å². The van der Waals surface area contributed by atoms with E-state index in [9.17, 15) is 4.79 Å². The largest absolute Gasteiger partial charge is 0.465 e. The van der Waals surface area contributed by atoms with Gasteiger partial charge in [0.05, 0.1) is 29.1 Å². The summed E-state index contributed by atoms with van der Waals surface area (Å²) in [6.07, 6.45) is 1.62. The Morgan fingerprint density at radius 1 is 1.47 bits per heavy atom. The Hall–Kier alpha value is -1.98. The van der Waals surface area contributed by atoms with Crippen molar-refractivity contribution in [2.75, 3.05) is 7.11 Å². The molecular formula is C13H12ClN3O2. The van der Waals surface area contributed by atoms with Crippen molar-refractivity contribution in [3.8, 4) is 11.4 Å². The lowest BCUT2D eigenvalue weighted by Crippen LogP contribution is -2.09. The monoisotopic (exact) mass is 277 g/mol. The van der Waals surface area contributed by atoms with Crippen LogP contribution in [0.5, 0.6) is 0 Å². The van der Waals surface area contributed by atoms with Gasteiger partial charge in [-0.05, 0) is 18.2 Å². The molecule has 0 spiro atoms. The lowest BCUT2D eigenvalue weighted by atomic mass is 10.1. The van der Waals surface area contributed by atoms with Gasteiger partial charge in [-0.2, -0.15) is 0 Å². The van der Waals surface area contributed by atoms with Crippen LogP contribution >= 0.6 is 11.6 Å². The Morgan fingerprint density at radius 2 is 2.26 bits per heavy atom.